The van der Waals surface area contributed by atoms with Crippen LogP contribution in [0, 0.1) is 0 Å². The van der Waals surface area contributed by atoms with Crippen LogP contribution in [0.3, 0.4) is 0 Å². The number of benzene rings is 1. The van der Waals surface area contributed by atoms with Crippen LogP contribution < -0.4 is 0 Å². The fraction of sp³-hybridized carbons (Fsp3) is 0.333. The second-order valence-electron chi connectivity index (χ2n) is 6.16. The molecule has 3 aromatic rings. The van der Waals surface area contributed by atoms with Gasteiger partial charge in [-0.1, -0.05) is 30.0 Å². The Labute approximate surface area is 154 Å². The van der Waals surface area contributed by atoms with Crippen molar-refractivity contribution >= 4 is 28.9 Å². The number of tetrazole rings is 1. The summed E-state index contributed by atoms with van der Waals surface area (Å²) in [5, 5.41) is 14.4. The van der Waals surface area contributed by atoms with E-state index in [4.69, 9.17) is 0 Å². The monoisotopic (exact) mass is 370 g/mol. The van der Waals surface area contributed by atoms with Gasteiger partial charge in [-0.2, -0.15) is 0 Å². The van der Waals surface area contributed by atoms with Crippen molar-refractivity contribution in [3.63, 3.8) is 0 Å². The second kappa shape index (κ2) is 7.09. The highest BCUT2D eigenvalue weighted by Gasteiger charge is 2.22. The van der Waals surface area contributed by atoms with Crippen LogP contribution in [-0.4, -0.2) is 31.2 Å². The zero-order valence-corrected chi connectivity index (χ0v) is 15.5. The van der Waals surface area contributed by atoms with Gasteiger partial charge in [0.2, 0.25) is 5.16 Å². The van der Waals surface area contributed by atoms with Gasteiger partial charge in [0.15, 0.2) is 5.78 Å². The van der Waals surface area contributed by atoms with Crippen molar-refractivity contribution in [1.29, 1.82) is 0 Å². The van der Waals surface area contributed by atoms with E-state index in [0.29, 0.717) is 11.7 Å². The first kappa shape index (κ1) is 16.5. The van der Waals surface area contributed by atoms with Gasteiger partial charge < -0.3 is 0 Å². The van der Waals surface area contributed by atoms with E-state index in [-0.39, 0.29) is 11.0 Å². The maximum Gasteiger partial charge on any atom is 0.210 e. The van der Waals surface area contributed by atoms with Gasteiger partial charge in [0.1, 0.15) is 0 Å². The van der Waals surface area contributed by atoms with Gasteiger partial charge in [0.25, 0.3) is 0 Å². The second-order valence-corrected chi connectivity index (χ2v) is 8.50. The fourth-order valence-corrected chi connectivity index (χ4v) is 4.65. The van der Waals surface area contributed by atoms with E-state index in [1.807, 2.05) is 24.4 Å². The summed E-state index contributed by atoms with van der Waals surface area (Å²) in [5.41, 5.74) is 3.50. The van der Waals surface area contributed by atoms with Gasteiger partial charge in [-0.25, -0.2) is 4.68 Å². The minimum atomic E-state index is -0.229. The number of carbonyl (C=O) groups is 1. The minimum Gasteiger partial charge on any atom is -0.293 e. The number of aromatic nitrogens is 4. The normalized spacial score (nSPS) is 14.4. The molecular formula is C18H18N4OS2. The number of ketones is 1. The SMILES string of the molecule is CC(Sc1nnnn1Cc1cccs1)C(=O)c1ccc2c(c1)CCC2. The number of aryl methyl sites for hydroxylation is 2. The molecule has 0 N–H and O–H groups in total. The Bertz CT molecular complexity index is 888. The third-order valence-corrected chi connectivity index (χ3v) is 6.35. The third kappa shape index (κ3) is 3.52. The predicted molar refractivity (Wildman–Crippen MR) is 99.4 cm³/mol. The standard InChI is InChI=1S/C18H18N4OS2/c1-12(17(23)15-8-7-13-4-2-5-14(13)10-15)25-18-19-20-21-22(18)11-16-6-3-9-24-16/h3,6-10,12H,2,4-5,11H2,1H3. The molecule has 0 saturated heterocycles. The van der Waals surface area contributed by atoms with Crippen LogP contribution in [0.5, 0.6) is 0 Å². The molecule has 0 bridgehead atoms. The van der Waals surface area contributed by atoms with Crippen LogP contribution in [-0.2, 0) is 19.4 Å². The summed E-state index contributed by atoms with van der Waals surface area (Å²) in [6, 6.07) is 10.2. The van der Waals surface area contributed by atoms with Crippen LogP contribution in [0.25, 0.3) is 0 Å². The highest BCUT2D eigenvalue weighted by Crippen LogP contribution is 2.27. The molecule has 0 aliphatic heterocycles. The summed E-state index contributed by atoms with van der Waals surface area (Å²) in [4.78, 5) is 14.0. The molecule has 0 fully saturated rings. The largest absolute Gasteiger partial charge is 0.293 e. The van der Waals surface area contributed by atoms with Gasteiger partial charge in [0, 0.05) is 10.4 Å². The number of rotatable bonds is 6. The van der Waals surface area contributed by atoms with Gasteiger partial charge >= 0.3 is 0 Å². The summed E-state index contributed by atoms with van der Waals surface area (Å²) >= 11 is 3.09. The minimum absolute atomic E-state index is 0.130. The van der Waals surface area contributed by atoms with E-state index < -0.39 is 0 Å². The Kier molecular flexibility index (Phi) is 4.67. The number of hydrogen-bond donors (Lipinski definition) is 0. The van der Waals surface area contributed by atoms with E-state index in [9.17, 15) is 4.79 Å². The quantitative estimate of drug-likeness (QED) is 0.490. The van der Waals surface area contributed by atoms with Crippen molar-refractivity contribution in [2.24, 2.45) is 0 Å². The highest BCUT2D eigenvalue weighted by molar-refractivity contribution is 8.00. The molecule has 0 saturated carbocycles. The summed E-state index contributed by atoms with van der Waals surface area (Å²) < 4.78 is 1.75. The third-order valence-electron chi connectivity index (χ3n) is 4.42. The van der Waals surface area contributed by atoms with E-state index in [1.165, 1.54) is 34.2 Å². The highest BCUT2D eigenvalue weighted by atomic mass is 32.2. The number of fused-ring (bicyclic) bond motifs is 1. The Morgan fingerprint density at radius 2 is 2.20 bits per heavy atom. The van der Waals surface area contributed by atoms with E-state index in [2.05, 4.69) is 33.7 Å². The number of carbonyl (C=O) groups excluding carboxylic acids is 1. The number of nitrogens with zero attached hydrogens (tertiary/aromatic N) is 4. The molecule has 0 spiro atoms. The van der Waals surface area contributed by atoms with Gasteiger partial charge in [-0.15, -0.1) is 16.4 Å². The van der Waals surface area contributed by atoms with Crippen molar-refractivity contribution in [1.82, 2.24) is 20.2 Å². The molecule has 1 aliphatic rings. The molecule has 1 atom stereocenters. The van der Waals surface area contributed by atoms with Gasteiger partial charge in [-0.3, -0.25) is 4.79 Å². The molecule has 4 rings (SSSR count). The molecule has 7 heteroatoms. The Hall–Kier alpha value is -1.99. The number of thiophene rings is 1. The molecule has 1 aliphatic carbocycles. The number of thioether (sulfide) groups is 1. The van der Waals surface area contributed by atoms with Crippen molar-refractivity contribution in [3.8, 4) is 0 Å². The molecule has 0 amide bonds. The van der Waals surface area contributed by atoms with Gasteiger partial charge in [-0.05, 0) is 65.3 Å². The van der Waals surface area contributed by atoms with Crippen LogP contribution in [0.4, 0.5) is 0 Å². The smallest absolute Gasteiger partial charge is 0.210 e. The summed E-state index contributed by atoms with van der Waals surface area (Å²) in [7, 11) is 0. The van der Waals surface area contributed by atoms with E-state index in [1.54, 1.807) is 16.0 Å². The van der Waals surface area contributed by atoms with Crippen molar-refractivity contribution in [3.05, 3.63) is 57.3 Å². The Balaban J connectivity index is 1.48. The molecule has 25 heavy (non-hydrogen) atoms. The lowest BCUT2D eigenvalue weighted by Crippen LogP contribution is -2.15. The summed E-state index contributed by atoms with van der Waals surface area (Å²) in [6.07, 6.45) is 3.40. The Morgan fingerprint density at radius 3 is 3.04 bits per heavy atom. The molecule has 2 aromatic heterocycles. The fourth-order valence-electron chi connectivity index (χ4n) is 3.10. The first-order valence-corrected chi connectivity index (χ1v) is 10.1. The first-order chi connectivity index (χ1) is 12.2. The zero-order chi connectivity index (χ0) is 17.2. The molecule has 2 heterocycles. The summed E-state index contributed by atoms with van der Waals surface area (Å²) in [5.74, 6) is 0.130. The maximum absolute atomic E-state index is 12.8. The van der Waals surface area contributed by atoms with E-state index >= 15 is 0 Å². The van der Waals surface area contributed by atoms with Crippen LogP contribution >= 0.6 is 23.1 Å². The molecular weight excluding hydrogens is 352 g/mol. The average Bonchev–Trinajstić information content (AvgIpc) is 3.36. The summed E-state index contributed by atoms with van der Waals surface area (Å²) in [6.45, 7) is 2.55. The molecule has 1 unspecified atom stereocenters. The molecule has 128 valence electrons. The van der Waals surface area contributed by atoms with Crippen molar-refractivity contribution < 1.29 is 4.79 Å². The maximum atomic E-state index is 12.8. The molecule has 5 nitrogen and oxygen atoms in total. The van der Waals surface area contributed by atoms with Gasteiger partial charge in [0.05, 0.1) is 11.8 Å². The van der Waals surface area contributed by atoms with Crippen LogP contribution in [0.1, 0.15) is 39.7 Å². The first-order valence-electron chi connectivity index (χ1n) is 8.32. The number of Topliss-reactive ketones (excluding diaryl/α,β-unsaturated/α-hetero) is 1. The van der Waals surface area contributed by atoms with Crippen molar-refractivity contribution in [2.75, 3.05) is 0 Å². The lowest BCUT2D eigenvalue weighted by molar-refractivity contribution is 0.0993. The average molecular weight is 371 g/mol. The lowest BCUT2D eigenvalue weighted by Gasteiger charge is -2.11. The van der Waals surface area contributed by atoms with E-state index in [0.717, 1.165) is 18.4 Å². The number of hydrogen-bond acceptors (Lipinski definition) is 6. The predicted octanol–water partition coefficient (Wildman–Crippen LogP) is 3.64. The lowest BCUT2D eigenvalue weighted by atomic mass is 10.0. The molecule has 0 radical (unpaired) electrons. The van der Waals surface area contributed by atoms with Crippen molar-refractivity contribution in [2.45, 2.75) is 43.1 Å². The Morgan fingerprint density at radius 1 is 1.32 bits per heavy atom. The van der Waals surface area contributed by atoms with Crippen LogP contribution in [0.2, 0.25) is 0 Å². The zero-order valence-electron chi connectivity index (χ0n) is 13.9. The van der Waals surface area contributed by atoms with Crippen LogP contribution in [0.15, 0.2) is 40.9 Å². The molecule has 1 aromatic carbocycles. The topological polar surface area (TPSA) is 60.7 Å².